The van der Waals surface area contributed by atoms with Gasteiger partial charge < -0.3 is 4.74 Å². The van der Waals surface area contributed by atoms with E-state index in [0.717, 1.165) is 18.4 Å². The van der Waals surface area contributed by atoms with E-state index in [2.05, 4.69) is 0 Å². The van der Waals surface area contributed by atoms with Crippen LogP contribution >= 0.6 is 22.3 Å². The van der Waals surface area contributed by atoms with Gasteiger partial charge in [-0.25, -0.2) is 8.42 Å². The van der Waals surface area contributed by atoms with Crippen LogP contribution < -0.4 is 0 Å². The summed E-state index contributed by atoms with van der Waals surface area (Å²) in [6.07, 6.45) is 1.67. The summed E-state index contributed by atoms with van der Waals surface area (Å²) < 4.78 is 27.7. The Morgan fingerprint density at radius 2 is 2.00 bits per heavy atom. The predicted octanol–water partition coefficient (Wildman–Crippen LogP) is 3.84. The molecule has 1 aromatic rings. The molecule has 0 radical (unpaired) electrons. The monoisotopic (exact) mass is 324 g/mol. The van der Waals surface area contributed by atoms with E-state index in [0.29, 0.717) is 18.2 Å². The van der Waals surface area contributed by atoms with Gasteiger partial charge in [0.1, 0.15) is 0 Å². The van der Waals surface area contributed by atoms with E-state index in [9.17, 15) is 8.42 Å². The lowest BCUT2D eigenvalue weighted by Gasteiger charge is -2.15. The summed E-state index contributed by atoms with van der Waals surface area (Å²) in [5, 5.41) is 0.652. The zero-order chi connectivity index (χ0) is 14.3. The third-order valence-corrected chi connectivity index (χ3v) is 4.32. The summed E-state index contributed by atoms with van der Waals surface area (Å²) >= 11 is 6.01. The molecular formula is C13H18Cl2O3S. The standard InChI is InChI=1S/C13H18Cl2O3S/c1-2-5-11(10-19(15,16)17)8-18-9-12-6-3-4-7-13(12)14/h3-4,6-7,11H,2,5,8-10H2,1H3. The molecular weight excluding hydrogens is 307 g/mol. The van der Waals surface area contributed by atoms with Gasteiger partial charge in [0.05, 0.1) is 19.0 Å². The minimum Gasteiger partial charge on any atom is -0.376 e. The SMILES string of the molecule is CCCC(COCc1ccccc1Cl)CS(=O)(=O)Cl. The molecule has 0 heterocycles. The minimum absolute atomic E-state index is 0.0507. The van der Waals surface area contributed by atoms with Gasteiger partial charge in [-0.1, -0.05) is 43.1 Å². The van der Waals surface area contributed by atoms with Crippen LogP contribution in [0.5, 0.6) is 0 Å². The molecule has 0 aliphatic heterocycles. The first-order valence-electron chi connectivity index (χ1n) is 6.16. The highest BCUT2D eigenvalue weighted by Gasteiger charge is 2.16. The van der Waals surface area contributed by atoms with Gasteiger partial charge in [-0.2, -0.15) is 0 Å². The zero-order valence-electron chi connectivity index (χ0n) is 10.8. The summed E-state index contributed by atoms with van der Waals surface area (Å²) in [4.78, 5) is 0. The Morgan fingerprint density at radius 1 is 1.32 bits per heavy atom. The minimum atomic E-state index is -3.48. The Labute approximate surface area is 124 Å². The van der Waals surface area contributed by atoms with E-state index >= 15 is 0 Å². The molecule has 0 aliphatic rings. The van der Waals surface area contributed by atoms with Gasteiger partial charge in [0.25, 0.3) is 0 Å². The first-order valence-corrected chi connectivity index (χ1v) is 9.01. The van der Waals surface area contributed by atoms with Crippen molar-refractivity contribution in [2.24, 2.45) is 5.92 Å². The number of ether oxygens (including phenoxy) is 1. The van der Waals surface area contributed by atoms with Crippen LogP contribution in [0.3, 0.4) is 0 Å². The molecule has 1 aromatic carbocycles. The predicted molar refractivity (Wildman–Crippen MR) is 79.1 cm³/mol. The second-order valence-corrected chi connectivity index (χ2v) is 7.70. The Morgan fingerprint density at radius 3 is 2.58 bits per heavy atom. The highest BCUT2D eigenvalue weighted by Crippen LogP contribution is 2.18. The third kappa shape index (κ3) is 7.16. The normalized spacial score (nSPS) is 13.4. The van der Waals surface area contributed by atoms with Gasteiger partial charge in [-0.15, -0.1) is 0 Å². The van der Waals surface area contributed by atoms with E-state index < -0.39 is 9.05 Å². The van der Waals surface area contributed by atoms with E-state index in [4.69, 9.17) is 27.0 Å². The summed E-state index contributed by atoms with van der Waals surface area (Å²) in [5.74, 6) is -0.125. The molecule has 0 aliphatic carbocycles. The summed E-state index contributed by atoms with van der Waals surface area (Å²) in [6, 6.07) is 7.42. The highest BCUT2D eigenvalue weighted by molar-refractivity contribution is 8.13. The van der Waals surface area contributed by atoms with Crippen LogP contribution in [0, 0.1) is 5.92 Å². The van der Waals surface area contributed by atoms with Crippen molar-refractivity contribution in [3.8, 4) is 0 Å². The van der Waals surface area contributed by atoms with E-state index in [1.807, 2.05) is 25.1 Å². The molecule has 0 N–H and O–H groups in total. The van der Waals surface area contributed by atoms with Gasteiger partial charge in [-0.3, -0.25) is 0 Å². The molecule has 0 amide bonds. The summed E-state index contributed by atoms with van der Waals surface area (Å²) in [5.41, 5.74) is 0.896. The molecule has 108 valence electrons. The lowest BCUT2D eigenvalue weighted by Crippen LogP contribution is -2.18. The fourth-order valence-corrected chi connectivity index (χ4v) is 3.41. The Kier molecular flexibility index (Phi) is 7.15. The number of hydrogen-bond acceptors (Lipinski definition) is 3. The maximum absolute atomic E-state index is 11.1. The first kappa shape index (κ1) is 16.8. The van der Waals surface area contributed by atoms with Crippen molar-refractivity contribution in [3.05, 3.63) is 34.9 Å². The quantitative estimate of drug-likeness (QED) is 0.682. The number of hydrogen-bond donors (Lipinski definition) is 0. The summed E-state index contributed by atoms with van der Waals surface area (Å²) in [7, 11) is 1.80. The van der Waals surface area contributed by atoms with Crippen molar-refractivity contribution in [1.29, 1.82) is 0 Å². The van der Waals surface area contributed by atoms with Crippen molar-refractivity contribution >= 4 is 31.3 Å². The van der Waals surface area contributed by atoms with Crippen LogP contribution in [0.2, 0.25) is 5.02 Å². The van der Waals surface area contributed by atoms with Crippen LogP contribution in [-0.4, -0.2) is 20.8 Å². The van der Waals surface area contributed by atoms with Gasteiger partial charge in [0.2, 0.25) is 9.05 Å². The molecule has 0 aromatic heterocycles. The average Bonchev–Trinajstić information content (AvgIpc) is 2.30. The molecule has 1 unspecified atom stereocenters. The molecule has 6 heteroatoms. The van der Waals surface area contributed by atoms with Gasteiger partial charge in [0, 0.05) is 15.7 Å². The third-order valence-electron chi connectivity index (χ3n) is 2.70. The second kappa shape index (κ2) is 8.10. The Hall–Kier alpha value is -0.290. The smallest absolute Gasteiger partial charge is 0.232 e. The molecule has 19 heavy (non-hydrogen) atoms. The molecule has 1 atom stereocenters. The molecule has 0 spiro atoms. The number of rotatable bonds is 8. The molecule has 1 rings (SSSR count). The maximum Gasteiger partial charge on any atom is 0.232 e. The molecule has 0 saturated heterocycles. The van der Waals surface area contributed by atoms with Crippen LogP contribution in [0.15, 0.2) is 24.3 Å². The summed E-state index contributed by atoms with van der Waals surface area (Å²) in [6.45, 7) is 2.75. The van der Waals surface area contributed by atoms with E-state index in [-0.39, 0.29) is 11.7 Å². The van der Waals surface area contributed by atoms with Crippen molar-refractivity contribution in [2.45, 2.75) is 26.4 Å². The topological polar surface area (TPSA) is 43.4 Å². The van der Waals surface area contributed by atoms with Gasteiger partial charge >= 0.3 is 0 Å². The highest BCUT2D eigenvalue weighted by atomic mass is 35.7. The van der Waals surface area contributed by atoms with Gasteiger partial charge in [0.15, 0.2) is 0 Å². The molecule has 3 nitrogen and oxygen atoms in total. The van der Waals surface area contributed by atoms with Crippen molar-refractivity contribution in [1.82, 2.24) is 0 Å². The average molecular weight is 325 g/mol. The van der Waals surface area contributed by atoms with Crippen molar-refractivity contribution in [2.75, 3.05) is 12.4 Å². The fraction of sp³-hybridized carbons (Fsp3) is 0.538. The lowest BCUT2D eigenvalue weighted by molar-refractivity contribution is 0.0903. The fourth-order valence-electron chi connectivity index (χ4n) is 1.86. The lowest BCUT2D eigenvalue weighted by atomic mass is 10.1. The van der Waals surface area contributed by atoms with Crippen molar-refractivity contribution < 1.29 is 13.2 Å². The zero-order valence-corrected chi connectivity index (χ0v) is 13.1. The molecule has 0 saturated carbocycles. The van der Waals surface area contributed by atoms with Crippen LogP contribution in [0.4, 0.5) is 0 Å². The van der Waals surface area contributed by atoms with Crippen LogP contribution in [-0.2, 0) is 20.4 Å². The molecule has 0 fully saturated rings. The van der Waals surface area contributed by atoms with Crippen LogP contribution in [0.25, 0.3) is 0 Å². The van der Waals surface area contributed by atoms with Gasteiger partial charge in [-0.05, 0) is 24.0 Å². The maximum atomic E-state index is 11.1. The Balaban J connectivity index is 2.46. The van der Waals surface area contributed by atoms with Crippen LogP contribution in [0.1, 0.15) is 25.3 Å². The van der Waals surface area contributed by atoms with E-state index in [1.54, 1.807) is 6.07 Å². The molecule has 0 bridgehead atoms. The Bertz CT molecular complexity index is 488. The van der Waals surface area contributed by atoms with E-state index in [1.165, 1.54) is 0 Å². The number of benzene rings is 1. The first-order chi connectivity index (χ1) is 8.92. The van der Waals surface area contributed by atoms with Crippen molar-refractivity contribution in [3.63, 3.8) is 0 Å². The number of halogens is 2. The second-order valence-electron chi connectivity index (χ2n) is 4.47. The largest absolute Gasteiger partial charge is 0.376 e.